The van der Waals surface area contributed by atoms with Gasteiger partial charge in [0, 0.05) is 0 Å². The smallest absolute Gasteiger partial charge is 0.341 e. The number of esters is 1. The molecule has 2 rings (SSSR count). The standard InChI is InChI=1S/C16H22O3/c1-4-18-14(17)16(15(2,3)19-16)12-8-11-13-9-6-5-7-10-13/h5-7,9-10H,4,8,11-12H2,1-3H3/t16-/m1/s1. The summed E-state index contributed by atoms with van der Waals surface area (Å²) in [5.74, 6) is -0.215. The van der Waals surface area contributed by atoms with E-state index in [2.05, 4.69) is 12.1 Å². The van der Waals surface area contributed by atoms with Crippen molar-refractivity contribution in [1.29, 1.82) is 0 Å². The lowest BCUT2D eigenvalue weighted by molar-refractivity contribution is -0.149. The van der Waals surface area contributed by atoms with Gasteiger partial charge in [0.15, 0.2) is 5.60 Å². The van der Waals surface area contributed by atoms with Crippen LogP contribution < -0.4 is 0 Å². The van der Waals surface area contributed by atoms with Crippen molar-refractivity contribution in [1.82, 2.24) is 0 Å². The Morgan fingerprint density at radius 2 is 1.89 bits per heavy atom. The van der Waals surface area contributed by atoms with E-state index in [0.29, 0.717) is 13.0 Å². The fraction of sp³-hybridized carbons (Fsp3) is 0.562. The van der Waals surface area contributed by atoms with E-state index in [4.69, 9.17) is 9.47 Å². The number of hydrogen-bond acceptors (Lipinski definition) is 3. The first-order valence-corrected chi connectivity index (χ1v) is 6.93. The first kappa shape index (κ1) is 14.1. The SMILES string of the molecule is CCOC(=O)[C@@]1(CCCc2ccccc2)OC1(C)C. The third-order valence-electron chi connectivity index (χ3n) is 3.80. The van der Waals surface area contributed by atoms with Crippen LogP contribution in [0.3, 0.4) is 0 Å². The van der Waals surface area contributed by atoms with Crippen molar-refractivity contribution in [2.45, 2.75) is 51.2 Å². The summed E-state index contributed by atoms with van der Waals surface area (Å²) in [6, 6.07) is 10.3. The van der Waals surface area contributed by atoms with Gasteiger partial charge in [0.25, 0.3) is 0 Å². The summed E-state index contributed by atoms with van der Waals surface area (Å²) < 4.78 is 10.8. The Labute approximate surface area is 114 Å². The molecule has 0 aliphatic carbocycles. The Bertz CT molecular complexity index is 439. The molecule has 104 valence electrons. The fourth-order valence-electron chi connectivity index (χ4n) is 2.59. The Morgan fingerprint density at radius 3 is 2.42 bits per heavy atom. The topological polar surface area (TPSA) is 38.8 Å². The highest BCUT2D eigenvalue weighted by atomic mass is 16.7. The first-order valence-electron chi connectivity index (χ1n) is 6.93. The van der Waals surface area contributed by atoms with Gasteiger partial charge in [0.2, 0.25) is 0 Å². The van der Waals surface area contributed by atoms with Gasteiger partial charge in [-0.2, -0.15) is 0 Å². The predicted octanol–water partition coefficient (Wildman–Crippen LogP) is 3.12. The highest BCUT2D eigenvalue weighted by molar-refractivity contribution is 5.84. The van der Waals surface area contributed by atoms with E-state index in [9.17, 15) is 4.79 Å². The summed E-state index contributed by atoms with van der Waals surface area (Å²) >= 11 is 0. The van der Waals surface area contributed by atoms with Crippen LogP contribution in [-0.2, 0) is 20.7 Å². The van der Waals surface area contributed by atoms with Crippen LogP contribution >= 0.6 is 0 Å². The highest BCUT2D eigenvalue weighted by Crippen LogP contribution is 2.51. The lowest BCUT2D eigenvalue weighted by atomic mass is 9.90. The molecule has 1 aromatic rings. The average molecular weight is 262 g/mol. The molecule has 3 heteroatoms. The van der Waals surface area contributed by atoms with E-state index in [1.807, 2.05) is 39.0 Å². The van der Waals surface area contributed by atoms with Crippen molar-refractivity contribution >= 4 is 5.97 Å². The maximum atomic E-state index is 12.0. The minimum atomic E-state index is -0.724. The third kappa shape index (κ3) is 2.81. The molecule has 1 fully saturated rings. The van der Waals surface area contributed by atoms with Crippen molar-refractivity contribution < 1.29 is 14.3 Å². The summed E-state index contributed by atoms with van der Waals surface area (Å²) in [4.78, 5) is 12.0. The molecule has 1 saturated heterocycles. The summed E-state index contributed by atoms with van der Waals surface area (Å²) in [5.41, 5.74) is 0.174. The molecule has 1 aliphatic heterocycles. The number of ether oxygens (including phenoxy) is 2. The molecule has 0 aromatic heterocycles. The van der Waals surface area contributed by atoms with Gasteiger partial charge in [-0.25, -0.2) is 4.79 Å². The summed E-state index contributed by atoms with van der Waals surface area (Å²) in [6.45, 7) is 6.13. The molecule has 0 spiro atoms. The second kappa shape index (κ2) is 5.33. The Balaban J connectivity index is 1.91. The molecule has 3 nitrogen and oxygen atoms in total. The van der Waals surface area contributed by atoms with E-state index >= 15 is 0 Å². The van der Waals surface area contributed by atoms with Crippen LogP contribution in [0.25, 0.3) is 0 Å². The van der Waals surface area contributed by atoms with Crippen molar-refractivity contribution in [2.24, 2.45) is 0 Å². The number of hydrogen-bond donors (Lipinski definition) is 0. The quantitative estimate of drug-likeness (QED) is 0.584. The van der Waals surface area contributed by atoms with Gasteiger partial charge in [-0.05, 0) is 45.6 Å². The normalized spacial score (nSPS) is 23.9. The van der Waals surface area contributed by atoms with Gasteiger partial charge in [-0.3, -0.25) is 0 Å². The monoisotopic (exact) mass is 262 g/mol. The van der Waals surface area contributed by atoms with Gasteiger partial charge in [-0.15, -0.1) is 0 Å². The maximum absolute atomic E-state index is 12.0. The van der Waals surface area contributed by atoms with Crippen LogP contribution in [0, 0.1) is 0 Å². The minimum absolute atomic E-state index is 0.215. The van der Waals surface area contributed by atoms with E-state index in [1.165, 1.54) is 5.56 Å². The molecular weight excluding hydrogens is 240 g/mol. The number of carbonyl (C=O) groups is 1. The summed E-state index contributed by atoms with van der Waals surface area (Å²) in [7, 11) is 0. The van der Waals surface area contributed by atoms with Crippen molar-refractivity contribution in [3.05, 3.63) is 35.9 Å². The van der Waals surface area contributed by atoms with Crippen molar-refractivity contribution in [2.75, 3.05) is 6.61 Å². The van der Waals surface area contributed by atoms with Crippen LogP contribution in [0.1, 0.15) is 39.2 Å². The summed E-state index contributed by atoms with van der Waals surface area (Å²) in [5, 5.41) is 0. The molecule has 1 heterocycles. The molecule has 19 heavy (non-hydrogen) atoms. The lowest BCUT2D eigenvalue weighted by Gasteiger charge is -2.13. The van der Waals surface area contributed by atoms with Gasteiger partial charge in [-0.1, -0.05) is 30.3 Å². The predicted molar refractivity (Wildman–Crippen MR) is 73.9 cm³/mol. The molecule has 0 saturated carbocycles. The van der Waals surface area contributed by atoms with Gasteiger partial charge in [0.1, 0.15) is 5.60 Å². The molecule has 1 aliphatic rings. The molecule has 0 unspecified atom stereocenters. The van der Waals surface area contributed by atoms with Crippen LogP contribution in [0.5, 0.6) is 0 Å². The molecule has 0 amide bonds. The van der Waals surface area contributed by atoms with E-state index in [-0.39, 0.29) is 5.97 Å². The molecule has 0 bridgehead atoms. The maximum Gasteiger partial charge on any atom is 0.341 e. The fourth-order valence-corrected chi connectivity index (χ4v) is 2.59. The largest absolute Gasteiger partial charge is 0.464 e. The van der Waals surface area contributed by atoms with Crippen LogP contribution in [-0.4, -0.2) is 23.8 Å². The number of benzene rings is 1. The molecule has 0 N–H and O–H groups in total. The average Bonchev–Trinajstić information content (AvgIpc) is 2.94. The number of rotatable bonds is 6. The van der Waals surface area contributed by atoms with Gasteiger partial charge in [0.05, 0.1) is 6.61 Å². The molecule has 0 radical (unpaired) electrons. The Hall–Kier alpha value is -1.35. The zero-order chi connectivity index (χ0) is 13.9. The molecule has 1 aromatic carbocycles. The third-order valence-corrected chi connectivity index (χ3v) is 3.80. The van der Waals surface area contributed by atoms with Crippen LogP contribution in [0.4, 0.5) is 0 Å². The second-order valence-corrected chi connectivity index (χ2v) is 5.50. The number of epoxide rings is 1. The van der Waals surface area contributed by atoms with Crippen molar-refractivity contribution in [3.63, 3.8) is 0 Å². The Kier molecular flexibility index (Phi) is 3.95. The minimum Gasteiger partial charge on any atom is -0.464 e. The van der Waals surface area contributed by atoms with Crippen molar-refractivity contribution in [3.8, 4) is 0 Å². The zero-order valence-corrected chi connectivity index (χ0v) is 11.9. The van der Waals surface area contributed by atoms with Crippen LogP contribution in [0.2, 0.25) is 0 Å². The molecule has 1 atom stereocenters. The van der Waals surface area contributed by atoms with Crippen LogP contribution in [0.15, 0.2) is 30.3 Å². The zero-order valence-electron chi connectivity index (χ0n) is 11.9. The lowest BCUT2D eigenvalue weighted by Crippen LogP contribution is -2.33. The first-order chi connectivity index (χ1) is 9.02. The van der Waals surface area contributed by atoms with Gasteiger partial charge < -0.3 is 9.47 Å². The van der Waals surface area contributed by atoms with Gasteiger partial charge >= 0.3 is 5.97 Å². The van der Waals surface area contributed by atoms with E-state index in [1.54, 1.807) is 0 Å². The highest BCUT2D eigenvalue weighted by Gasteiger charge is 2.69. The second-order valence-electron chi connectivity index (χ2n) is 5.50. The van der Waals surface area contributed by atoms with E-state index in [0.717, 1.165) is 12.8 Å². The number of carbonyl (C=O) groups excluding carboxylic acids is 1. The van der Waals surface area contributed by atoms with E-state index < -0.39 is 11.2 Å². The summed E-state index contributed by atoms with van der Waals surface area (Å²) in [6.07, 6.45) is 2.60. The number of aryl methyl sites for hydroxylation is 1. The Morgan fingerprint density at radius 1 is 1.26 bits per heavy atom. The molecular formula is C16H22O3.